The maximum absolute atomic E-state index is 13.4. The van der Waals surface area contributed by atoms with Crippen LogP contribution in [0.4, 0.5) is 5.69 Å². The van der Waals surface area contributed by atoms with Crippen LogP contribution in [-0.4, -0.2) is 33.5 Å². The van der Waals surface area contributed by atoms with Crippen molar-refractivity contribution in [1.82, 2.24) is 5.32 Å². The summed E-state index contributed by atoms with van der Waals surface area (Å²) in [5.74, 6) is 0.524. The minimum absolute atomic E-state index is 0.0642. The van der Waals surface area contributed by atoms with Gasteiger partial charge in [-0.15, -0.1) is 0 Å². The van der Waals surface area contributed by atoms with Crippen LogP contribution in [0, 0.1) is 12.8 Å². The van der Waals surface area contributed by atoms with Gasteiger partial charge in [0.15, 0.2) is 6.10 Å². The van der Waals surface area contributed by atoms with Gasteiger partial charge in [0, 0.05) is 6.54 Å². The maximum Gasteiger partial charge on any atom is 0.264 e. The topological polar surface area (TPSA) is 75.7 Å². The Bertz CT molecular complexity index is 992. The average molecular weight is 445 g/mol. The minimum atomic E-state index is -3.83. The van der Waals surface area contributed by atoms with Crippen LogP contribution in [0.25, 0.3) is 0 Å². The molecule has 168 valence electrons. The van der Waals surface area contributed by atoms with Gasteiger partial charge in [0.05, 0.1) is 17.1 Å². The molecule has 0 spiro atoms. The van der Waals surface area contributed by atoms with E-state index >= 15 is 0 Å². The first-order valence-electron chi connectivity index (χ1n) is 11.0. The molecule has 0 saturated carbocycles. The number of benzene rings is 2. The second kappa shape index (κ2) is 10.2. The van der Waals surface area contributed by atoms with Gasteiger partial charge in [-0.25, -0.2) is 8.42 Å². The number of carbonyl (C=O) groups is 1. The Morgan fingerprint density at radius 3 is 2.61 bits per heavy atom. The van der Waals surface area contributed by atoms with Crippen molar-refractivity contribution in [1.29, 1.82) is 0 Å². The van der Waals surface area contributed by atoms with Crippen LogP contribution in [0.2, 0.25) is 0 Å². The van der Waals surface area contributed by atoms with Crippen LogP contribution in [0.5, 0.6) is 5.75 Å². The third-order valence-electron chi connectivity index (χ3n) is 5.72. The largest absolute Gasteiger partial charge is 0.476 e. The van der Waals surface area contributed by atoms with E-state index < -0.39 is 16.1 Å². The van der Waals surface area contributed by atoms with Crippen LogP contribution >= 0.6 is 0 Å². The van der Waals surface area contributed by atoms with Crippen molar-refractivity contribution in [3.05, 3.63) is 54.1 Å². The Kier molecular flexibility index (Phi) is 7.59. The zero-order valence-corrected chi connectivity index (χ0v) is 19.3. The first-order valence-corrected chi connectivity index (χ1v) is 12.4. The van der Waals surface area contributed by atoms with Gasteiger partial charge in [0.1, 0.15) is 5.75 Å². The summed E-state index contributed by atoms with van der Waals surface area (Å²) in [7, 11) is -3.83. The van der Waals surface area contributed by atoms with Crippen molar-refractivity contribution in [2.45, 2.75) is 57.5 Å². The zero-order chi connectivity index (χ0) is 22.4. The number of unbranched alkanes of at least 4 members (excludes halogenated alkanes) is 1. The van der Waals surface area contributed by atoms with Crippen molar-refractivity contribution in [3.63, 3.8) is 0 Å². The van der Waals surface area contributed by atoms with Crippen LogP contribution in [-0.2, 0) is 14.8 Å². The Labute approximate surface area is 185 Å². The van der Waals surface area contributed by atoms with E-state index in [9.17, 15) is 13.2 Å². The van der Waals surface area contributed by atoms with E-state index in [1.165, 1.54) is 4.31 Å². The summed E-state index contributed by atoms with van der Waals surface area (Å²) < 4.78 is 34.0. The highest BCUT2D eigenvalue weighted by atomic mass is 32.2. The Morgan fingerprint density at radius 2 is 1.94 bits per heavy atom. The number of hydrogen-bond acceptors (Lipinski definition) is 4. The van der Waals surface area contributed by atoms with Gasteiger partial charge in [-0.05, 0) is 49.1 Å². The number of fused-ring (bicyclic) bond motifs is 1. The molecule has 0 unspecified atom stereocenters. The molecular formula is C24H32N2O4S. The number of carbonyl (C=O) groups excluding carboxylic acids is 1. The van der Waals surface area contributed by atoms with Gasteiger partial charge < -0.3 is 10.1 Å². The van der Waals surface area contributed by atoms with Gasteiger partial charge in [-0.2, -0.15) is 0 Å². The van der Waals surface area contributed by atoms with Gasteiger partial charge in [-0.1, -0.05) is 57.4 Å². The van der Waals surface area contributed by atoms with Crippen molar-refractivity contribution in [2.75, 3.05) is 17.4 Å². The van der Waals surface area contributed by atoms with Gasteiger partial charge in [-0.3, -0.25) is 9.10 Å². The standard InChI is InChI=1S/C24H32N2O4S/c1-4-6-10-19(5-2)16-25-24(27)23-17-26(21-15-18(3)13-14-22(21)30-23)31(28,29)20-11-8-7-9-12-20/h7-9,11-15,19,23H,4-6,10,16-17H2,1-3H3,(H,25,27)/t19-,23+/m0/s1. The number of nitrogens with one attached hydrogen (secondary N) is 1. The molecule has 0 aliphatic carbocycles. The van der Waals surface area contributed by atoms with E-state index in [-0.39, 0.29) is 17.3 Å². The third-order valence-corrected chi connectivity index (χ3v) is 7.51. The summed E-state index contributed by atoms with van der Waals surface area (Å²) in [6, 6.07) is 13.6. The van der Waals surface area contributed by atoms with Gasteiger partial charge in [0.2, 0.25) is 0 Å². The Balaban J connectivity index is 1.84. The summed E-state index contributed by atoms with van der Waals surface area (Å²) >= 11 is 0. The molecule has 1 aliphatic rings. The molecule has 0 aromatic heterocycles. The highest BCUT2D eigenvalue weighted by molar-refractivity contribution is 7.92. The lowest BCUT2D eigenvalue weighted by atomic mass is 9.99. The van der Waals surface area contributed by atoms with E-state index in [2.05, 4.69) is 19.2 Å². The number of hydrogen-bond donors (Lipinski definition) is 1. The second-order valence-electron chi connectivity index (χ2n) is 8.09. The molecule has 0 saturated heterocycles. The lowest BCUT2D eigenvalue weighted by Gasteiger charge is -2.35. The lowest BCUT2D eigenvalue weighted by Crippen LogP contribution is -2.51. The van der Waals surface area contributed by atoms with Crippen LogP contribution in [0.15, 0.2) is 53.4 Å². The molecule has 3 rings (SSSR count). The molecule has 7 heteroatoms. The molecule has 0 bridgehead atoms. The quantitative estimate of drug-likeness (QED) is 0.626. The predicted molar refractivity (Wildman–Crippen MR) is 123 cm³/mol. The van der Waals surface area contributed by atoms with E-state index in [1.54, 1.807) is 42.5 Å². The summed E-state index contributed by atoms with van der Waals surface area (Å²) in [5.41, 5.74) is 1.38. The molecule has 1 heterocycles. The second-order valence-corrected chi connectivity index (χ2v) is 9.95. The number of sulfonamides is 1. The number of aryl methyl sites for hydroxylation is 1. The maximum atomic E-state index is 13.4. The predicted octanol–water partition coefficient (Wildman–Crippen LogP) is 4.28. The molecule has 0 fully saturated rings. The molecule has 2 aromatic rings. The summed E-state index contributed by atoms with van der Waals surface area (Å²) in [5, 5.41) is 2.98. The summed E-state index contributed by atoms with van der Waals surface area (Å²) in [4.78, 5) is 13.1. The van der Waals surface area contributed by atoms with Crippen molar-refractivity contribution >= 4 is 21.6 Å². The molecule has 6 nitrogen and oxygen atoms in total. The van der Waals surface area contributed by atoms with Crippen molar-refractivity contribution in [2.24, 2.45) is 5.92 Å². The van der Waals surface area contributed by atoms with E-state index in [1.807, 2.05) is 13.0 Å². The highest BCUT2D eigenvalue weighted by Crippen LogP contribution is 2.37. The first-order chi connectivity index (χ1) is 14.9. The van der Waals surface area contributed by atoms with Crippen LogP contribution < -0.4 is 14.4 Å². The van der Waals surface area contributed by atoms with Crippen molar-refractivity contribution < 1.29 is 17.9 Å². The molecule has 2 aromatic carbocycles. The molecule has 31 heavy (non-hydrogen) atoms. The molecule has 1 aliphatic heterocycles. The fraction of sp³-hybridized carbons (Fsp3) is 0.458. The van der Waals surface area contributed by atoms with E-state index in [0.29, 0.717) is 23.9 Å². The number of ether oxygens (including phenoxy) is 1. The average Bonchev–Trinajstić information content (AvgIpc) is 2.78. The molecule has 1 amide bonds. The fourth-order valence-corrected chi connectivity index (χ4v) is 5.24. The first kappa shape index (κ1) is 23.1. The lowest BCUT2D eigenvalue weighted by molar-refractivity contribution is -0.127. The fourth-order valence-electron chi connectivity index (χ4n) is 3.75. The summed E-state index contributed by atoms with van der Waals surface area (Å²) in [6.45, 7) is 6.68. The van der Waals surface area contributed by atoms with Crippen molar-refractivity contribution in [3.8, 4) is 5.75 Å². The van der Waals surface area contributed by atoms with Crippen LogP contribution in [0.1, 0.15) is 45.1 Å². The van der Waals surface area contributed by atoms with E-state index in [0.717, 1.165) is 31.2 Å². The Morgan fingerprint density at radius 1 is 1.19 bits per heavy atom. The monoisotopic (exact) mass is 444 g/mol. The third kappa shape index (κ3) is 5.39. The number of anilines is 1. The molecule has 0 radical (unpaired) electrons. The number of amides is 1. The number of rotatable bonds is 9. The smallest absolute Gasteiger partial charge is 0.264 e. The number of nitrogens with zero attached hydrogens (tertiary/aromatic N) is 1. The molecule has 1 N–H and O–H groups in total. The van der Waals surface area contributed by atoms with E-state index in [4.69, 9.17) is 4.74 Å². The van der Waals surface area contributed by atoms with Gasteiger partial charge >= 0.3 is 0 Å². The highest BCUT2D eigenvalue weighted by Gasteiger charge is 2.37. The zero-order valence-electron chi connectivity index (χ0n) is 18.5. The minimum Gasteiger partial charge on any atom is -0.476 e. The normalized spacial score (nSPS) is 16.9. The Hall–Kier alpha value is -2.54. The van der Waals surface area contributed by atoms with Crippen LogP contribution in [0.3, 0.4) is 0 Å². The SMILES string of the molecule is CCCC[C@H](CC)CNC(=O)[C@H]1CN(S(=O)(=O)c2ccccc2)c2cc(C)ccc2O1. The molecule has 2 atom stereocenters. The molecular weight excluding hydrogens is 412 g/mol. The summed E-state index contributed by atoms with van der Waals surface area (Å²) in [6.07, 6.45) is 3.40. The van der Waals surface area contributed by atoms with Gasteiger partial charge in [0.25, 0.3) is 15.9 Å².